The van der Waals surface area contributed by atoms with Gasteiger partial charge in [-0.25, -0.2) is 4.98 Å². The molecule has 1 aliphatic rings. The van der Waals surface area contributed by atoms with Gasteiger partial charge >= 0.3 is 0 Å². The standard InChI is InChI=1S/C27H29N5O2S.C9H9N.C2H6/c33-26(19-10-12-28-13-11-19)32-22(14-20-17-35-24-9-5-4-8-21(20)24)27(34)30-16-25-29-15-23(31-25)18-6-2-1-3-7-18;1-7-6-10-9-5-3-2-4-8(7)9;1-2/h1-9,15,17,19,22,28H,10-14,16H2,(H,29,31)(H,30,34)(H,32,33);2-6,10H,1H3;1-2H3. The minimum absolute atomic E-state index is 0.0458. The van der Waals surface area contributed by atoms with Crippen LogP contribution in [0.2, 0.25) is 0 Å². The van der Waals surface area contributed by atoms with Crippen molar-refractivity contribution in [3.8, 4) is 11.3 Å². The van der Waals surface area contributed by atoms with Crippen LogP contribution in [-0.2, 0) is 22.6 Å². The Morgan fingerprint density at radius 3 is 2.40 bits per heavy atom. The Morgan fingerprint density at radius 1 is 0.936 bits per heavy atom. The summed E-state index contributed by atoms with van der Waals surface area (Å²) in [5, 5.41) is 13.8. The van der Waals surface area contributed by atoms with Crippen LogP contribution in [0.15, 0.2) is 96.6 Å². The number of para-hydroxylation sites is 1. The number of benzene rings is 3. The summed E-state index contributed by atoms with van der Waals surface area (Å²) < 4.78 is 1.18. The molecule has 0 radical (unpaired) electrons. The average molecular weight is 649 g/mol. The van der Waals surface area contributed by atoms with E-state index < -0.39 is 6.04 Å². The fourth-order valence-corrected chi connectivity index (χ4v) is 6.70. The molecule has 0 aliphatic carbocycles. The second-order valence-corrected chi connectivity index (χ2v) is 12.3. The van der Waals surface area contributed by atoms with Crippen LogP contribution in [0, 0.1) is 12.8 Å². The number of aryl methyl sites for hydroxylation is 1. The highest BCUT2D eigenvalue weighted by atomic mass is 32.1. The molecule has 0 spiro atoms. The summed E-state index contributed by atoms with van der Waals surface area (Å²) in [5.41, 5.74) is 5.54. The molecular weight excluding hydrogens is 605 g/mol. The van der Waals surface area contributed by atoms with E-state index in [4.69, 9.17) is 0 Å². The number of thiophene rings is 1. The minimum Gasteiger partial charge on any atom is -0.361 e. The monoisotopic (exact) mass is 648 g/mol. The number of amides is 2. The molecule has 3 aromatic heterocycles. The predicted octanol–water partition coefficient (Wildman–Crippen LogP) is 7.14. The van der Waals surface area contributed by atoms with E-state index in [2.05, 4.69) is 73.5 Å². The third-order valence-corrected chi connectivity index (χ3v) is 9.28. The van der Waals surface area contributed by atoms with E-state index in [0.29, 0.717) is 12.2 Å². The lowest BCUT2D eigenvalue weighted by molar-refractivity contribution is -0.131. The average Bonchev–Trinajstić information content (AvgIpc) is 3.88. The molecule has 7 rings (SSSR count). The molecule has 2 amide bonds. The maximum Gasteiger partial charge on any atom is 0.243 e. The number of fused-ring (bicyclic) bond motifs is 2. The number of rotatable bonds is 8. The molecule has 1 saturated heterocycles. The minimum atomic E-state index is -0.654. The lowest BCUT2D eigenvalue weighted by Crippen LogP contribution is -2.50. The summed E-state index contributed by atoms with van der Waals surface area (Å²) in [6.07, 6.45) is 5.82. The zero-order chi connectivity index (χ0) is 33.0. The van der Waals surface area contributed by atoms with Crippen molar-refractivity contribution < 1.29 is 9.59 Å². The summed E-state index contributed by atoms with van der Waals surface area (Å²) in [6, 6.07) is 25.7. The lowest BCUT2D eigenvalue weighted by atomic mass is 9.96. The highest BCUT2D eigenvalue weighted by molar-refractivity contribution is 7.17. The van der Waals surface area contributed by atoms with E-state index in [0.717, 1.165) is 48.1 Å². The predicted molar refractivity (Wildman–Crippen MR) is 193 cm³/mol. The lowest BCUT2D eigenvalue weighted by Gasteiger charge is -2.25. The third kappa shape index (κ3) is 8.75. The highest BCUT2D eigenvalue weighted by Gasteiger charge is 2.27. The largest absolute Gasteiger partial charge is 0.361 e. The Bertz CT molecular complexity index is 1870. The van der Waals surface area contributed by atoms with Crippen molar-refractivity contribution in [1.82, 2.24) is 30.9 Å². The number of hydrogen-bond acceptors (Lipinski definition) is 5. The first-order chi connectivity index (χ1) is 23.0. The Labute approximate surface area is 280 Å². The van der Waals surface area contributed by atoms with Gasteiger partial charge in [-0.1, -0.05) is 80.6 Å². The molecule has 6 aromatic rings. The molecule has 1 atom stereocenters. The fourth-order valence-electron chi connectivity index (χ4n) is 5.72. The van der Waals surface area contributed by atoms with Gasteiger partial charge in [0.2, 0.25) is 11.8 Å². The van der Waals surface area contributed by atoms with Gasteiger partial charge in [0.25, 0.3) is 0 Å². The van der Waals surface area contributed by atoms with Crippen LogP contribution in [-0.4, -0.2) is 45.9 Å². The smallest absolute Gasteiger partial charge is 0.243 e. The number of nitrogens with one attached hydrogen (secondary N) is 5. The molecule has 3 aromatic carbocycles. The van der Waals surface area contributed by atoms with Crippen LogP contribution in [0.3, 0.4) is 0 Å². The van der Waals surface area contributed by atoms with Crippen LogP contribution < -0.4 is 16.0 Å². The molecular formula is C38H44N6O2S. The molecule has 4 heterocycles. The normalized spacial score (nSPS) is 13.6. The van der Waals surface area contributed by atoms with Gasteiger partial charge < -0.3 is 25.9 Å². The quantitative estimate of drug-likeness (QED) is 0.121. The molecule has 5 N–H and O–H groups in total. The van der Waals surface area contributed by atoms with Crippen molar-refractivity contribution in [2.45, 2.75) is 52.6 Å². The van der Waals surface area contributed by atoms with Crippen LogP contribution in [0.1, 0.15) is 43.6 Å². The number of hydrogen-bond donors (Lipinski definition) is 5. The van der Waals surface area contributed by atoms with Crippen molar-refractivity contribution in [3.05, 3.63) is 114 Å². The number of nitrogens with zero attached hydrogens (tertiary/aromatic N) is 1. The molecule has 1 fully saturated rings. The maximum absolute atomic E-state index is 13.3. The van der Waals surface area contributed by atoms with Crippen molar-refractivity contribution in [2.75, 3.05) is 13.1 Å². The van der Waals surface area contributed by atoms with Crippen LogP contribution >= 0.6 is 11.3 Å². The second-order valence-electron chi connectivity index (χ2n) is 11.4. The first-order valence-corrected chi connectivity index (χ1v) is 17.3. The van der Waals surface area contributed by atoms with E-state index in [1.165, 1.54) is 21.2 Å². The highest BCUT2D eigenvalue weighted by Crippen LogP contribution is 2.27. The van der Waals surface area contributed by atoms with Gasteiger partial charge in [-0.15, -0.1) is 11.3 Å². The fraction of sp³-hybridized carbons (Fsp3) is 0.289. The molecule has 244 valence electrons. The van der Waals surface area contributed by atoms with Gasteiger partial charge in [-0.05, 0) is 72.4 Å². The van der Waals surface area contributed by atoms with Crippen LogP contribution in [0.4, 0.5) is 0 Å². The first-order valence-electron chi connectivity index (χ1n) is 16.4. The second kappa shape index (κ2) is 16.7. The molecule has 1 aliphatic heterocycles. The van der Waals surface area contributed by atoms with Crippen molar-refractivity contribution in [2.24, 2.45) is 5.92 Å². The topological polar surface area (TPSA) is 115 Å². The number of H-pyrrole nitrogens is 2. The number of aromatic amines is 2. The number of carbonyl (C=O) groups excluding carboxylic acids is 2. The van der Waals surface area contributed by atoms with Crippen molar-refractivity contribution in [1.29, 1.82) is 0 Å². The number of aromatic nitrogens is 3. The van der Waals surface area contributed by atoms with E-state index in [-0.39, 0.29) is 24.3 Å². The number of piperidine rings is 1. The molecule has 1 unspecified atom stereocenters. The van der Waals surface area contributed by atoms with Gasteiger partial charge in [0.1, 0.15) is 11.9 Å². The summed E-state index contributed by atoms with van der Waals surface area (Å²) in [4.78, 5) is 37.2. The van der Waals surface area contributed by atoms with Crippen LogP contribution in [0.25, 0.3) is 32.2 Å². The molecule has 0 bridgehead atoms. The Kier molecular flexibility index (Phi) is 12.0. The van der Waals surface area contributed by atoms with Crippen molar-refractivity contribution in [3.63, 3.8) is 0 Å². The molecule has 8 nitrogen and oxygen atoms in total. The van der Waals surface area contributed by atoms with E-state index in [1.54, 1.807) is 17.5 Å². The van der Waals surface area contributed by atoms with E-state index in [1.807, 2.05) is 68.6 Å². The van der Waals surface area contributed by atoms with Gasteiger partial charge in [-0.3, -0.25) is 9.59 Å². The van der Waals surface area contributed by atoms with E-state index in [9.17, 15) is 9.59 Å². The Morgan fingerprint density at radius 2 is 1.64 bits per heavy atom. The zero-order valence-corrected chi connectivity index (χ0v) is 28.1. The first kappa shape index (κ1) is 33.6. The summed E-state index contributed by atoms with van der Waals surface area (Å²) in [7, 11) is 0. The Hall–Kier alpha value is -4.73. The number of imidazole rings is 1. The van der Waals surface area contributed by atoms with Crippen LogP contribution in [0.5, 0.6) is 0 Å². The third-order valence-electron chi connectivity index (χ3n) is 8.27. The summed E-state index contributed by atoms with van der Waals surface area (Å²) >= 11 is 1.66. The summed E-state index contributed by atoms with van der Waals surface area (Å²) in [6.45, 7) is 8.02. The SMILES string of the molecule is CC.Cc1c[nH]c2ccccc12.O=C(NC(Cc1csc2ccccc12)C(=O)NCc1ncc(-c2ccccc2)[nH]1)C1CCNCC1. The molecule has 47 heavy (non-hydrogen) atoms. The Balaban J connectivity index is 0.000000303. The molecule has 0 saturated carbocycles. The van der Waals surface area contributed by atoms with Gasteiger partial charge in [-0.2, -0.15) is 0 Å². The molecule has 9 heteroatoms. The van der Waals surface area contributed by atoms with Gasteiger partial charge in [0.15, 0.2) is 0 Å². The number of carbonyl (C=O) groups is 2. The van der Waals surface area contributed by atoms with Gasteiger partial charge in [0.05, 0.1) is 18.4 Å². The maximum atomic E-state index is 13.3. The van der Waals surface area contributed by atoms with Crippen molar-refractivity contribution >= 4 is 44.1 Å². The van der Waals surface area contributed by atoms with Gasteiger partial charge in [0, 0.05) is 34.1 Å². The van der Waals surface area contributed by atoms with E-state index >= 15 is 0 Å². The summed E-state index contributed by atoms with van der Waals surface area (Å²) in [5.74, 6) is 0.349. The zero-order valence-electron chi connectivity index (χ0n) is 27.3.